The minimum Gasteiger partial charge on any atom is -0.420 e. The van der Waals surface area contributed by atoms with Crippen molar-refractivity contribution in [2.24, 2.45) is 11.7 Å². The van der Waals surface area contributed by atoms with Crippen LogP contribution in [-0.2, 0) is 5.41 Å². The number of rotatable bonds is 1. The van der Waals surface area contributed by atoms with Gasteiger partial charge >= 0.3 is 0 Å². The fourth-order valence-corrected chi connectivity index (χ4v) is 3.79. The molecule has 1 fully saturated rings. The zero-order valence-electron chi connectivity index (χ0n) is 13.6. The number of H-pyrrole nitrogens is 1. The Balaban J connectivity index is 2.13. The molecule has 1 aliphatic carbocycles. The van der Waals surface area contributed by atoms with E-state index in [4.69, 9.17) is 10.5 Å². The van der Waals surface area contributed by atoms with Gasteiger partial charge in [0.05, 0.1) is 5.57 Å². The molecule has 0 spiro atoms. The van der Waals surface area contributed by atoms with Crippen LogP contribution < -0.4 is 10.5 Å². The van der Waals surface area contributed by atoms with Crippen molar-refractivity contribution in [2.45, 2.75) is 64.2 Å². The molecule has 0 unspecified atom stereocenters. The zero-order chi connectivity index (χ0) is 15.9. The molecule has 0 saturated heterocycles. The van der Waals surface area contributed by atoms with Gasteiger partial charge in [0.1, 0.15) is 6.07 Å². The van der Waals surface area contributed by atoms with Gasteiger partial charge in [0.25, 0.3) is 0 Å². The van der Waals surface area contributed by atoms with Crippen LogP contribution in [0.25, 0.3) is 0 Å². The standard InChI is InChI=1S/C17H24N4O/c1-17(2,3)14-13-12(10-7-5-4-6-8-10)11(9-18)15(19)22-16(13)21-20-14/h10,12H,4-8,19H2,1-3H3,(H,20,21)/t12-/m0/s1. The molecule has 1 aromatic rings. The van der Waals surface area contributed by atoms with Gasteiger partial charge in [-0.05, 0) is 18.8 Å². The van der Waals surface area contributed by atoms with E-state index in [9.17, 15) is 5.26 Å². The zero-order valence-corrected chi connectivity index (χ0v) is 13.6. The molecule has 118 valence electrons. The van der Waals surface area contributed by atoms with Crippen molar-refractivity contribution >= 4 is 0 Å². The van der Waals surface area contributed by atoms with Crippen LogP contribution in [0.4, 0.5) is 0 Å². The molecule has 0 aromatic carbocycles. The van der Waals surface area contributed by atoms with E-state index in [0.717, 1.165) is 24.1 Å². The number of nitrogens with one attached hydrogen (secondary N) is 1. The van der Waals surface area contributed by atoms with Gasteiger partial charge in [-0.2, -0.15) is 5.26 Å². The van der Waals surface area contributed by atoms with Crippen LogP contribution in [0, 0.1) is 17.2 Å². The van der Waals surface area contributed by atoms with E-state index in [-0.39, 0.29) is 17.2 Å². The lowest BCUT2D eigenvalue weighted by atomic mass is 9.71. The highest BCUT2D eigenvalue weighted by atomic mass is 16.5. The molecule has 3 N–H and O–H groups in total. The summed E-state index contributed by atoms with van der Waals surface area (Å²) in [6.45, 7) is 6.44. The lowest BCUT2D eigenvalue weighted by molar-refractivity contribution is 0.295. The summed E-state index contributed by atoms with van der Waals surface area (Å²) < 4.78 is 5.62. The van der Waals surface area contributed by atoms with Crippen molar-refractivity contribution in [3.8, 4) is 11.9 Å². The Morgan fingerprint density at radius 3 is 2.55 bits per heavy atom. The lowest BCUT2D eigenvalue weighted by Gasteiger charge is -2.34. The first kappa shape index (κ1) is 15.0. The van der Waals surface area contributed by atoms with Gasteiger partial charge in [0, 0.05) is 22.6 Å². The fourth-order valence-electron chi connectivity index (χ4n) is 3.79. The van der Waals surface area contributed by atoms with E-state index in [2.05, 4.69) is 37.0 Å². The van der Waals surface area contributed by atoms with Crippen molar-refractivity contribution in [2.75, 3.05) is 0 Å². The van der Waals surface area contributed by atoms with Gasteiger partial charge in [0.2, 0.25) is 11.8 Å². The second-order valence-corrected chi connectivity index (χ2v) is 7.43. The first-order chi connectivity index (χ1) is 10.4. The van der Waals surface area contributed by atoms with Gasteiger partial charge in [0.15, 0.2) is 0 Å². The molecule has 22 heavy (non-hydrogen) atoms. The third kappa shape index (κ3) is 2.37. The predicted octanol–water partition coefficient (Wildman–Crippen LogP) is 3.46. The molecule has 5 heteroatoms. The van der Waals surface area contributed by atoms with Gasteiger partial charge in [-0.1, -0.05) is 40.0 Å². The van der Waals surface area contributed by atoms with Crippen molar-refractivity contribution < 1.29 is 4.74 Å². The molecular weight excluding hydrogens is 276 g/mol. The van der Waals surface area contributed by atoms with Gasteiger partial charge in [-0.25, -0.2) is 0 Å². The Morgan fingerprint density at radius 2 is 1.95 bits per heavy atom. The molecule has 2 heterocycles. The third-order valence-corrected chi connectivity index (χ3v) is 4.85. The van der Waals surface area contributed by atoms with E-state index >= 15 is 0 Å². The Morgan fingerprint density at radius 1 is 1.27 bits per heavy atom. The molecular formula is C17H24N4O. The summed E-state index contributed by atoms with van der Waals surface area (Å²) in [6, 6.07) is 2.30. The quantitative estimate of drug-likeness (QED) is 0.831. The van der Waals surface area contributed by atoms with Crippen LogP contribution >= 0.6 is 0 Å². The summed E-state index contributed by atoms with van der Waals surface area (Å²) in [5.74, 6) is 1.24. The average Bonchev–Trinajstić information content (AvgIpc) is 2.90. The Hall–Kier alpha value is -1.96. The minimum absolute atomic E-state index is 0.0158. The summed E-state index contributed by atoms with van der Waals surface area (Å²) in [5, 5.41) is 17.1. The number of allylic oxidation sites excluding steroid dienone is 1. The Labute approximate surface area is 131 Å². The van der Waals surface area contributed by atoms with E-state index in [1.807, 2.05) is 0 Å². The summed E-state index contributed by atoms with van der Waals surface area (Å²) >= 11 is 0. The van der Waals surface area contributed by atoms with E-state index in [1.165, 1.54) is 19.3 Å². The topological polar surface area (TPSA) is 87.7 Å². The van der Waals surface area contributed by atoms with Crippen LogP contribution in [-0.4, -0.2) is 10.2 Å². The fraction of sp³-hybridized carbons (Fsp3) is 0.647. The number of aromatic amines is 1. The van der Waals surface area contributed by atoms with Crippen molar-refractivity contribution in [1.29, 1.82) is 5.26 Å². The van der Waals surface area contributed by atoms with Crippen LogP contribution in [0.1, 0.15) is 70.1 Å². The van der Waals surface area contributed by atoms with Gasteiger partial charge in [-0.3, -0.25) is 5.10 Å². The second kappa shape index (κ2) is 5.35. The predicted molar refractivity (Wildman–Crippen MR) is 84.1 cm³/mol. The first-order valence-electron chi connectivity index (χ1n) is 8.09. The van der Waals surface area contributed by atoms with E-state index in [0.29, 0.717) is 17.4 Å². The van der Waals surface area contributed by atoms with Crippen LogP contribution in [0.15, 0.2) is 11.5 Å². The molecule has 1 saturated carbocycles. The molecule has 0 radical (unpaired) electrons. The number of hydrogen-bond acceptors (Lipinski definition) is 4. The van der Waals surface area contributed by atoms with E-state index < -0.39 is 0 Å². The summed E-state index contributed by atoms with van der Waals surface area (Å²) in [5.41, 5.74) is 8.60. The molecule has 1 atom stereocenters. The average molecular weight is 300 g/mol. The highest BCUT2D eigenvalue weighted by Crippen LogP contribution is 2.49. The monoisotopic (exact) mass is 300 g/mol. The smallest absolute Gasteiger partial charge is 0.243 e. The number of nitriles is 1. The molecule has 3 rings (SSSR count). The summed E-state index contributed by atoms with van der Waals surface area (Å²) in [6.07, 6.45) is 6.00. The third-order valence-electron chi connectivity index (χ3n) is 4.85. The van der Waals surface area contributed by atoms with Crippen molar-refractivity contribution in [3.63, 3.8) is 0 Å². The Bertz CT molecular complexity index is 639. The van der Waals surface area contributed by atoms with Gasteiger partial charge < -0.3 is 10.5 Å². The second-order valence-electron chi connectivity index (χ2n) is 7.43. The number of ether oxygens (including phenoxy) is 1. The normalized spacial score (nSPS) is 22.9. The summed E-state index contributed by atoms with van der Waals surface area (Å²) in [4.78, 5) is 0. The molecule has 0 bridgehead atoms. The maximum atomic E-state index is 9.62. The highest BCUT2D eigenvalue weighted by molar-refractivity contribution is 5.51. The number of nitrogens with zero attached hydrogens (tertiary/aromatic N) is 2. The maximum absolute atomic E-state index is 9.62. The minimum atomic E-state index is -0.0798. The molecule has 2 aliphatic rings. The van der Waals surface area contributed by atoms with Crippen molar-refractivity contribution in [3.05, 3.63) is 22.7 Å². The number of hydrogen-bond donors (Lipinski definition) is 2. The van der Waals surface area contributed by atoms with Gasteiger partial charge in [-0.15, -0.1) is 5.10 Å². The van der Waals surface area contributed by atoms with Crippen LogP contribution in [0.3, 0.4) is 0 Å². The first-order valence-corrected chi connectivity index (χ1v) is 8.09. The molecule has 5 nitrogen and oxygen atoms in total. The largest absolute Gasteiger partial charge is 0.420 e. The molecule has 1 aromatic heterocycles. The van der Waals surface area contributed by atoms with Crippen LogP contribution in [0.2, 0.25) is 0 Å². The summed E-state index contributed by atoms with van der Waals surface area (Å²) in [7, 11) is 0. The number of nitrogens with two attached hydrogens (primary N) is 1. The molecule has 0 amide bonds. The highest BCUT2D eigenvalue weighted by Gasteiger charge is 2.41. The van der Waals surface area contributed by atoms with Crippen LogP contribution in [0.5, 0.6) is 5.88 Å². The molecule has 1 aliphatic heterocycles. The lowest BCUT2D eigenvalue weighted by Crippen LogP contribution is -2.28. The van der Waals surface area contributed by atoms with E-state index in [1.54, 1.807) is 0 Å². The Kier molecular flexibility index (Phi) is 3.64. The number of fused-ring (bicyclic) bond motifs is 1. The number of aromatic nitrogens is 2. The SMILES string of the molecule is CC(C)(C)c1[nH]nc2c1[C@@H](C1CCCCC1)C(C#N)=C(N)O2. The maximum Gasteiger partial charge on any atom is 0.243 e. The van der Waals surface area contributed by atoms with Crippen molar-refractivity contribution in [1.82, 2.24) is 10.2 Å².